The van der Waals surface area contributed by atoms with Crippen LogP contribution in [0.3, 0.4) is 0 Å². The number of hydrogen-bond donors (Lipinski definition) is 1. The molecule has 94 valence electrons. The van der Waals surface area contributed by atoms with Gasteiger partial charge in [-0.1, -0.05) is 19.9 Å². The van der Waals surface area contributed by atoms with E-state index in [1.54, 1.807) is 0 Å². The largest absolute Gasteiger partial charge is 0.494 e. The Labute approximate surface area is 104 Å². The molecule has 1 aliphatic carbocycles. The molecule has 0 radical (unpaired) electrons. The first-order valence-corrected chi connectivity index (χ1v) is 6.67. The average molecular weight is 233 g/mol. The maximum Gasteiger partial charge on any atom is 0.119 e. The lowest BCUT2D eigenvalue weighted by Gasteiger charge is -2.16. The summed E-state index contributed by atoms with van der Waals surface area (Å²) in [5.41, 5.74) is 8.96. The number of nitrogens with two attached hydrogens (primary N) is 1. The molecule has 17 heavy (non-hydrogen) atoms. The molecule has 0 amide bonds. The first kappa shape index (κ1) is 12.4. The van der Waals surface area contributed by atoms with Gasteiger partial charge in [0.25, 0.3) is 0 Å². The predicted molar refractivity (Wildman–Crippen MR) is 71.4 cm³/mol. The van der Waals surface area contributed by atoms with E-state index < -0.39 is 0 Å². The molecule has 0 bridgehead atoms. The number of benzene rings is 1. The van der Waals surface area contributed by atoms with E-state index in [1.807, 2.05) is 0 Å². The third kappa shape index (κ3) is 3.22. The minimum Gasteiger partial charge on any atom is -0.494 e. The lowest BCUT2D eigenvalue weighted by Crippen LogP contribution is -2.28. The van der Waals surface area contributed by atoms with E-state index in [9.17, 15) is 0 Å². The Morgan fingerprint density at radius 3 is 2.76 bits per heavy atom. The van der Waals surface area contributed by atoms with Crippen LogP contribution in [0.1, 0.15) is 37.8 Å². The molecular formula is C15H23NO. The maximum absolute atomic E-state index is 5.99. The van der Waals surface area contributed by atoms with Crippen molar-refractivity contribution in [1.29, 1.82) is 0 Å². The summed E-state index contributed by atoms with van der Waals surface area (Å²) in [4.78, 5) is 0. The minimum absolute atomic E-state index is 0.240. The Kier molecular flexibility index (Phi) is 4.06. The highest BCUT2D eigenvalue weighted by Gasteiger charge is 2.11. The molecule has 2 N–H and O–H groups in total. The van der Waals surface area contributed by atoms with Gasteiger partial charge in [0.15, 0.2) is 0 Å². The third-order valence-corrected chi connectivity index (χ3v) is 3.65. The Hall–Kier alpha value is -1.02. The Morgan fingerprint density at radius 2 is 2.00 bits per heavy atom. The lowest BCUT2D eigenvalue weighted by molar-refractivity contribution is 0.282. The number of fused-ring (bicyclic) bond motifs is 1. The van der Waals surface area contributed by atoms with Crippen molar-refractivity contribution in [3.63, 3.8) is 0 Å². The van der Waals surface area contributed by atoms with Crippen LogP contribution in [0.2, 0.25) is 0 Å². The Morgan fingerprint density at radius 1 is 1.24 bits per heavy atom. The predicted octanol–water partition coefficient (Wildman–Crippen LogP) is 2.93. The topological polar surface area (TPSA) is 35.2 Å². The number of ether oxygens (including phenoxy) is 1. The number of aryl methyl sites for hydroxylation is 2. The molecule has 0 spiro atoms. The number of rotatable bonds is 5. The molecule has 1 aromatic carbocycles. The molecule has 0 aliphatic heterocycles. The quantitative estimate of drug-likeness (QED) is 0.848. The standard InChI is InChI=1S/C15H23NO/c1-11(2)15(16)8-9-17-14-7-6-12-4-3-5-13(12)10-14/h6-7,10-11,15H,3-5,8-9,16H2,1-2H3. The van der Waals surface area contributed by atoms with Crippen molar-refractivity contribution in [2.24, 2.45) is 11.7 Å². The van der Waals surface area contributed by atoms with Gasteiger partial charge in [0.05, 0.1) is 6.61 Å². The van der Waals surface area contributed by atoms with Crippen LogP contribution in [-0.2, 0) is 12.8 Å². The summed E-state index contributed by atoms with van der Waals surface area (Å²) < 4.78 is 5.77. The molecule has 1 atom stereocenters. The van der Waals surface area contributed by atoms with E-state index >= 15 is 0 Å². The fourth-order valence-electron chi connectivity index (χ4n) is 2.28. The van der Waals surface area contributed by atoms with Crippen molar-refractivity contribution in [2.75, 3.05) is 6.61 Å². The summed E-state index contributed by atoms with van der Waals surface area (Å²) in [5, 5.41) is 0. The molecule has 2 nitrogen and oxygen atoms in total. The molecule has 1 aromatic rings. The first-order chi connectivity index (χ1) is 8.16. The molecule has 1 aliphatic rings. The van der Waals surface area contributed by atoms with Gasteiger partial charge in [-0.2, -0.15) is 0 Å². The molecular weight excluding hydrogens is 210 g/mol. The van der Waals surface area contributed by atoms with Gasteiger partial charge >= 0.3 is 0 Å². The van der Waals surface area contributed by atoms with Crippen molar-refractivity contribution < 1.29 is 4.74 Å². The van der Waals surface area contributed by atoms with Gasteiger partial charge in [-0.05, 0) is 54.9 Å². The van der Waals surface area contributed by atoms with Crippen molar-refractivity contribution in [3.05, 3.63) is 29.3 Å². The van der Waals surface area contributed by atoms with Crippen LogP contribution in [0.4, 0.5) is 0 Å². The van der Waals surface area contributed by atoms with Crippen LogP contribution in [-0.4, -0.2) is 12.6 Å². The molecule has 0 heterocycles. The van der Waals surface area contributed by atoms with Gasteiger partial charge in [0.2, 0.25) is 0 Å². The molecule has 0 saturated carbocycles. The van der Waals surface area contributed by atoms with Crippen LogP contribution < -0.4 is 10.5 Å². The van der Waals surface area contributed by atoms with E-state index in [0.717, 1.165) is 18.8 Å². The van der Waals surface area contributed by atoms with Crippen LogP contribution in [0.5, 0.6) is 5.75 Å². The SMILES string of the molecule is CC(C)C(N)CCOc1ccc2c(c1)CCC2. The highest BCUT2D eigenvalue weighted by molar-refractivity contribution is 5.38. The second kappa shape index (κ2) is 5.54. The summed E-state index contributed by atoms with van der Waals surface area (Å²) in [6.45, 7) is 5.03. The zero-order valence-electron chi connectivity index (χ0n) is 10.9. The van der Waals surface area contributed by atoms with E-state index in [2.05, 4.69) is 32.0 Å². The fraction of sp³-hybridized carbons (Fsp3) is 0.600. The summed E-state index contributed by atoms with van der Waals surface area (Å²) >= 11 is 0. The average Bonchev–Trinajstić information content (AvgIpc) is 2.75. The fourth-order valence-corrected chi connectivity index (χ4v) is 2.28. The summed E-state index contributed by atoms with van der Waals surface area (Å²) in [6, 6.07) is 6.73. The molecule has 0 saturated heterocycles. The van der Waals surface area contributed by atoms with Crippen LogP contribution in [0, 0.1) is 5.92 Å². The highest BCUT2D eigenvalue weighted by Crippen LogP contribution is 2.26. The van der Waals surface area contributed by atoms with Crippen molar-refractivity contribution in [2.45, 2.75) is 45.6 Å². The van der Waals surface area contributed by atoms with Crippen molar-refractivity contribution in [1.82, 2.24) is 0 Å². The summed E-state index contributed by atoms with van der Waals surface area (Å²) in [5.74, 6) is 1.53. The van der Waals surface area contributed by atoms with Gasteiger partial charge < -0.3 is 10.5 Å². The van der Waals surface area contributed by atoms with Gasteiger partial charge in [-0.15, -0.1) is 0 Å². The molecule has 1 unspecified atom stereocenters. The Balaban J connectivity index is 1.83. The molecule has 2 heteroatoms. The second-order valence-electron chi connectivity index (χ2n) is 5.33. The Bertz CT molecular complexity index is 373. The van der Waals surface area contributed by atoms with E-state index in [1.165, 1.54) is 30.4 Å². The van der Waals surface area contributed by atoms with Gasteiger partial charge in [-0.3, -0.25) is 0 Å². The monoisotopic (exact) mass is 233 g/mol. The normalized spacial score (nSPS) is 16.0. The van der Waals surface area contributed by atoms with Crippen LogP contribution >= 0.6 is 0 Å². The maximum atomic E-state index is 5.99. The first-order valence-electron chi connectivity index (χ1n) is 6.67. The molecule has 0 fully saturated rings. The third-order valence-electron chi connectivity index (χ3n) is 3.65. The highest BCUT2D eigenvalue weighted by atomic mass is 16.5. The smallest absolute Gasteiger partial charge is 0.119 e. The summed E-state index contributed by atoms with van der Waals surface area (Å²) in [6.07, 6.45) is 4.65. The van der Waals surface area contributed by atoms with Crippen molar-refractivity contribution in [3.8, 4) is 5.75 Å². The molecule has 2 rings (SSSR count). The van der Waals surface area contributed by atoms with E-state index in [4.69, 9.17) is 10.5 Å². The van der Waals surface area contributed by atoms with Crippen molar-refractivity contribution >= 4 is 0 Å². The minimum atomic E-state index is 0.240. The lowest BCUT2D eigenvalue weighted by atomic mass is 10.0. The van der Waals surface area contributed by atoms with Gasteiger partial charge in [0, 0.05) is 6.04 Å². The zero-order valence-corrected chi connectivity index (χ0v) is 10.9. The second-order valence-corrected chi connectivity index (χ2v) is 5.33. The van der Waals surface area contributed by atoms with Crippen LogP contribution in [0.15, 0.2) is 18.2 Å². The summed E-state index contributed by atoms with van der Waals surface area (Å²) in [7, 11) is 0. The van der Waals surface area contributed by atoms with Gasteiger partial charge in [-0.25, -0.2) is 0 Å². The van der Waals surface area contributed by atoms with Crippen LogP contribution in [0.25, 0.3) is 0 Å². The zero-order chi connectivity index (χ0) is 12.3. The van der Waals surface area contributed by atoms with E-state index in [-0.39, 0.29) is 6.04 Å². The number of hydrogen-bond acceptors (Lipinski definition) is 2. The van der Waals surface area contributed by atoms with E-state index in [0.29, 0.717) is 5.92 Å². The molecule has 0 aromatic heterocycles. The van der Waals surface area contributed by atoms with Gasteiger partial charge in [0.1, 0.15) is 5.75 Å².